The zero-order chi connectivity index (χ0) is 25.6. The molecular weight excluding hydrogens is 477 g/mol. The van der Waals surface area contributed by atoms with Crippen LogP contribution in [0.1, 0.15) is 31.2 Å². The predicted molar refractivity (Wildman–Crippen MR) is 148 cm³/mol. The van der Waals surface area contributed by atoms with Crippen LogP contribution in [0.15, 0.2) is 67.1 Å². The molecule has 3 aliphatic rings. The summed E-state index contributed by atoms with van der Waals surface area (Å²) in [5, 5.41) is 9.78. The molecule has 5 heterocycles. The summed E-state index contributed by atoms with van der Waals surface area (Å²) in [7, 11) is 0. The smallest absolute Gasteiger partial charge is 0.161 e. The highest BCUT2D eigenvalue weighted by Gasteiger charge is 2.26. The van der Waals surface area contributed by atoms with E-state index in [1.807, 2.05) is 24.5 Å². The molecule has 0 amide bonds. The van der Waals surface area contributed by atoms with Gasteiger partial charge in [-0.05, 0) is 85.7 Å². The number of benzene rings is 2. The Morgan fingerprint density at radius 1 is 0.947 bits per heavy atom. The third-order valence-corrected chi connectivity index (χ3v) is 8.67. The molecule has 2 aromatic carbocycles. The van der Waals surface area contributed by atoms with Gasteiger partial charge < -0.3 is 19.5 Å². The van der Waals surface area contributed by atoms with E-state index in [4.69, 9.17) is 4.98 Å². The van der Waals surface area contributed by atoms with Gasteiger partial charge in [-0.3, -0.25) is 4.57 Å². The number of hydrogen-bond donors (Lipinski definition) is 1. The number of hydrogen-bond acceptors (Lipinski definition) is 4. The number of piperidine rings is 1. The van der Waals surface area contributed by atoms with Crippen LogP contribution in [-0.4, -0.2) is 63.0 Å². The molecule has 4 aromatic rings. The maximum atomic E-state index is 13.5. The van der Waals surface area contributed by atoms with Gasteiger partial charge in [0.25, 0.3) is 0 Å². The average Bonchev–Trinajstić information content (AvgIpc) is 3.68. The molecule has 0 saturated carbocycles. The first-order chi connectivity index (χ1) is 18.6. The van der Waals surface area contributed by atoms with Crippen LogP contribution in [0.2, 0.25) is 0 Å². The van der Waals surface area contributed by atoms with E-state index < -0.39 is 0 Å². The number of likely N-dealkylation sites (tertiary alicyclic amines) is 1. The van der Waals surface area contributed by atoms with Crippen LogP contribution in [-0.2, 0) is 6.54 Å². The number of anilines is 1. The minimum Gasteiger partial charge on any atom is -0.393 e. The Balaban J connectivity index is 1.11. The molecule has 0 radical (unpaired) electrons. The van der Waals surface area contributed by atoms with Crippen molar-refractivity contribution in [3.8, 4) is 28.3 Å². The first kappa shape index (κ1) is 23.7. The fourth-order valence-corrected chi connectivity index (χ4v) is 6.44. The lowest BCUT2D eigenvalue weighted by Gasteiger charge is -2.30. The van der Waals surface area contributed by atoms with E-state index in [9.17, 15) is 9.50 Å². The van der Waals surface area contributed by atoms with Crippen molar-refractivity contribution in [3.63, 3.8) is 0 Å². The standard InChI is InChI=1S/C31H34FN5O/c32-26-3-1-23(2-4-26)24-18-30-31-33-11-16-37(31)29-6-5-27(17-25(29)21-36(30)20-24)35-15-8-22(19-35)7-12-34-13-9-28(38)10-14-34/h1-6,11,16-18,20,22,28,38H,7-10,12-15,19,21H2/t22-/m1/s1. The molecule has 1 atom stereocenters. The Kier molecular flexibility index (Phi) is 6.05. The molecule has 0 spiro atoms. The topological polar surface area (TPSA) is 49.5 Å². The van der Waals surface area contributed by atoms with Crippen LogP contribution in [0.3, 0.4) is 0 Å². The highest BCUT2D eigenvalue weighted by molar-refractivity contribution is 5.72. The Morgan fingerprint density at radius 3 is 2.63 bits per heavy atom. The summed E-state index contributed by atoms with van der Waals surface area (Å²) in [6.07, 6.45) is 10.3. The second kappa shape index (κ2) is 9.71. The zero-order valence-corrected chi connectivity index (χ0v) is 21.6. The molecule has 0 unspecified atom stereocenters. The number of aliphatic hydroxyl groups excluding tert-OH is 1. The summed E-state index contributed by atoms with van der Waals surface area (Å²) < 4.78 is 18.0. The summed E-state index contributed by atoms with van der Waals surface area (Å²) in [4.78, 5) is 9.77. The largest absolute Gasteiger partial charge is 0.393 e. The maximum Gasteiger partial charge on any atom is 0.161 e. The van der Waals surface area contributed by atoms with Gasteiger partial charge in [0.2, 0.25) is 0 Å². The Morgan fingerprint density at radius 2 is 1.79 bits per heavy atom. The Bertz CT molecular complexity index is 1430. The van der Waals surface area contributed by atoms with E-state index in [1.165, 1.54) is 41.9 Å². The van der Waals surface area contributed by atoms with Crippen LogP contribution < -0.4 is 4.90 Å². The first-order valence-electron chi connectivity index (χ1n) is 13.9. The molecule has 7 heteroatoms. The lowest BCUT2D eigenvalue weighted by molar-refractivity contribution is 0.0802. The molecule has 2 aromatic heterocycles. The van der Waals surface area contributed by atoms with Crippen molar-refractivity contribution in [3.05, 3.63) is 78.5 Å². The Labute approximate surface area is 223 Å². The van der Waals surface area contributed by atoms with Crippen molar-refractivity contribution >= 4 is 5.69 Å². The molecule has 3 aliphatic heterocycles. The minimum atomic E-state index is -0.220. The molecule has 2 saturated heterocycles. The van der Waals surface area contributed by atoms with Gasteiger partial charge in [-0.15, -0.1) is 0 Å². The summed E-state index contributed by atoms with van der Waals surface area (Å²) in [6.45, 7) is 6.18. The van der Waals surface area contributed by atoms with E-state index >= 15 is 0 Å². The third kappa shape index (κ3) is 4.44. The maximum absolute atomic E-state index is 13.5. The molecule has 196 valence electrons. The van der Waals surface area contributed by atoms with Crippen molar-refractivity contribution in [1.29, 1.82) is 0 Å². The van der Waals surface area contributed by atoms with Gasteiger partial charge in [-0.2, -0.15) is 0 Å². The summed E-state index contributed by atoms with van der Waals surface area (Å²) in [5.41, 5.74) is 6.89. The van der Waals surface area contributed by atoms with Crippen LogP contribution in [0, 0.1) is 11.7 Å². The first-order valence-corrected chi connectivity index (χ1v) is 13.9. The van der Waals surface area contributed by atoms with Crippen molar-refractivity contribution in [2.24, 2.45) is 5.92 Å². The third-order valence-electron chi connectivity index (χ3n) is 8.67. The molecular formula is C31H34FN5O. The fourth-order valence-electron chi connectivity index (χ4n) is 6.44. The number of nitrogens with zero attached hydrogens (tertiary/aromatic N) is 5. The van der Waals surface area contributed by atoms with Crippen molar-refractivity contribution in [2.75, 3.05) is 37.6 Å². The molecule has 0 bridgehead atoms. The van der Waals surface area contributed by atoms with Gasteiger partial charge in [0.1, 0.15) is 5.82 Å². The van der Waals surface area contributed by atoms with Gasteiger partial charge in [0, 0.05) is 62.6 Å². The minimum absolute atomic E-state index is 0.100. The highest BCUT2D eigenvalue weighted by atomic mass is 19.1. The van der Waals surface area contributed by atoms with Gasteiger partial charge >= 0.3 is 0 Å². The monoisotopic (exact) mass is 511 g/mol. The molecule has 0 aliphatic carbocycles. The van der Waals surface area contributed by atoms with Crippen molar-refractivity contribution in [1.82, 2.24) is 19.0 Å². The van der Waals surface area contributed by atoms with Crippen LogP contribution >= 0.6 is 0 Å². The second-order valence-electron chi connectivity index (χ2n) is 11.1. The van der Waals surface area contributed by atoms with Gasteiger partial charge in [0.05, 0.1) is 17.5 Å². The highest BCUT2D eigenvalue weighted by Crippen LogP contribution is 2.36. The van der Waals surface area contributed by atoms with Crippen LogP contribution in [0.25, 0.3) is 28.3 Å². The van der Waals surface area contributed by atoms with Gasteiger partial charge in [0.15, 0.2) is 5.82 Å². The van der Waals surface area contributed by atoms with Gasteiger partial charge in [-0.25, -0.2) is 9.37 Å². The average molecular weight is 512 g/mol. The molecule has 6 nitrogen and oxygen atoms in total. The van der Waals surface area contributed by atoms with E-state index in [0.29, 0.717) is 0 Å². The summed E-state index contributed by atoms with van der Waals surface area (Å²) in [6, 6.07) is 15.7. The van der Waals surface area contributed by atoms with Crippen LogP contribution in [0.4, 0.5) is 10.1 Å². The lowest BCUT2D eigenvalue weighted by atomic mass is 10.0. The number of aliphatic hydroxyl groups is 1. The SMILES string of the molecule is OC1CCN(CC[C@@H]2CCN(c3ccc4c(c3)Cn3cc(-c5ccc(F)cc5)cc3-c3nccn3-4)C2)CC1. The molecule has 7 rings (SSSR count). The molecule has 2 fully saturated rings. The normalized spacial score (nSPS) is 19.7. The number of halogens is 1. The lowest BCUT2D eigenvalue weighted by Crippen LogP contribution is -2.37. The summed E-state index contributed by atoms with van der Waals surface area (Å²) in [5.74, 6) is 1.42. The van der Waals surface area contributed by atoms with E-state index in [-0.39, 0.29) is 11.9 Å². The van der Waals surface area contributed by atoms with Crippen molar-refractivity contribution < 1.29 is 9.50 Å². The number of fused-ring (bicyclic) bond motifs is 5. The second-order valence-corrected chi connectivity index (χ2v) is 11.1. The summed E-state index contributed by atoms with van der Waals surface area (Å²) >= 11 is 0. The predicted octanol–water partition coefficient (Wildman–Crippen LogP) is 5.18. The fraction of sp³-hybridized carbons (Fsp3) is 0.387. The van der Waals surface area contributed by atoms with E-state index in [2.05, 4.69) is 49.4 Å². The van der Waals surface area contributed by atoms with Crippen LogP contribution in [0.5, 0.6) is 0 Å². The Hall–Kier alpha value is -3.42. The number of imidazole rings is 1. The van der Waals surface area contributed by atoms with Crippen molar-refractivity contribution in [2.45, 2.75) is 38.3 Å². The quantitative estimate of drug-likeness (QED) is 0.353. The number of rotatable bonds is 5. The zero-order valence-electron chi connectivity index (χ0n) is 21.6. The molecule has 1 N–H and O–H groups in total. The number of aromatic nitrogens is 3. The van der Waals surface area contributed by atoms with E-state index in [0.717, 1.165) is 80.7 Å². The van der Waals surface area contributed by atoms with Gasteiger partial charge in [-0.1, -0.05) is 12.1 Å². The molecule has 38 heavy (non-hydrogen) atoms. The van der Waals surface area contributed by atoms with E-state index in [1.54, 1.807) is 0 Å².